The number of hydrogen-bond donors (Lipinski definition) is 0. The fourth-order valence-electron chi connectivity index (χ4n) is 2.35. The summed E-state index contributed by atoms with van der Waals surface area (Å²) >= 11 is 0. The minimum Gasteiger partial charge on any atom is -0.107 e. The molecule has 0 nitrogen and oxygen atoms in total. The van der Waals surface area contributed by atoms with Crippen molar-refractivity contribution in [1.29, 1.82) is 0 Å². The lowest BCUT2D eigenvalue weighted by Gasteiger charge is -2.29. The summed E-state index contributed by atoms with van der Waals surface area (Å²) in [6.07, 6.45) is 11.7. The Kier molecular flexibility index (Phi) is 11.6. The average Bonchev–Trinajstić information content (AvgIpc) is 2.33. The van der Waals surface area contributed by atoms with E-state index in [9.17, 15) is 0 Å². The molecule has 0 aliphatic carbocycles. The van der Waals surface area contributed by atoms with Crippen molar-refractivity contribution in [2.24, 2.45) is 0 Å². The van der Waals surface area contributed by atoms with Crippen molar-refractivity contribution >= 4 is 15.8 Å². The van der Waals surface area contributed by atoms with Gasteiger partial charge in [0.1, 0.15) is 0 Å². The summed E-state index contributed by atoms with van der Waals surface area (Å²) in [5.74, 6) is 0. The van der Waals surface area contributed by atoms with E-state index in [1.807, 2.05) is 0 Å². The first-order valence-electron chi connectivity index (χ1n) is 7.19. The molecular weight excluding hydrogens is 230 g/mol. The molecule has 0 heterocycles. The number of unbranched alkanes of at least 4 members (excludes halogenated alkanes) is 1. The van der Waals surface area contributed by atoms with E-state index in [2.05, 4.69) is 34.6 Å². The first kappa shape index (κ1) is 16.9. The summed E-state index contributed by atoms with van der Waals surface area (Å²) in [4.78, 5) is 0. The normalized spacial score (nSPS) is 13.7. The largest absolute Gasteiger partial charge is 0.107 e. The molecule has 0 spiro atoms. The Bertz CT molecular complexity index is 140. The van der Waals surface area contributed by atoms with Gasteiger partial charge in [-0.15, -0.1) is 15.8 Å². The summed E-state index contributed by atoms with van der Waals surface area (Å²) in [6.45, 7) is 11.9. The maximum Gasteiger partial charge on any atom is -0.0170 e. The van der Waals surface area contributed by atoms with Crippen LogP contribution < -0.4 is 0 Å². The van der Waals surface area contributed by atoms with Crippen LogP contribution in [0.25, 0.3) is 0 Å². The molecular formula is C14H32P2. The van der Waals surface area contributed by atoms with Crippen molar-refractivity contribution in [3.63, 3.8) is 0 Å². The van der Waals surface area contributed by atoms with Gasteiger partial charge < -0.3 is 0 Å². The van der Waals surface area contributed by atoms with Crippen molar-refractivity contribution in [2.75, 3.05) is 30.8 Å². The molecule has 0 aromatic heterocycles. The number of hydrogen-bond acceptors (Lipinski definition) is 0. The Labute approximate surface area is 106 Å². The maximum absolute atomic E-state index is 2.41. The minimum absolute atomic E-state index is 0.341. The molecule has 0 amide bonds. The van der Waals surface area contributed by atoms with E-state index < -0.39 is 0 Å². The molecule has 2 heteroatoms. The second kappa shape index (κ2) is 11.0. The zero-order chi connectivity index (χ0) is 12.4. The second-order valence-electron chi connectivity index (χ2n) is 4.50. The Morgan fingerprint density at radius 2 is 1.38 bits per heavy atom. The molecule has 0 aromatic carbocycles. The van der Waals surface area contributed by atoms with Gasteiger partial charge in [-0.25, -0.2) is 0 Å². The van der Waals surface area contributed by atoms with Crippen LogP contribution in [0.3, 0.4) is 0 Å². The Morgan fingerprint density at radius 3 is 1.75 bits per heavy atom. The predicted octanol–water partition coefficient (Wildman–Crippen LogP) is 5.59. The van der Waals surface area contributed by atoms with Gasteiger partial charge in [-0.3, -0.25) is 0 Å². The van der Waals surface area contributed by atoms with E-state index in [0.717, 1.165) is 5.66 Å². The van der Waals surface area contributed by atoms with E-state index in [4.69, 9.17) is 0 Å². The van der Waals surface area contributed by atoms with Gasteiger partial charge in [0, 0.05) is 0 Å². The molecule has 0 aromatic rings. The lowest BCUT2D eigenvalue weighted by atomic mass is 10.2. The van der Waals surface area contributed by atoms with Crippen molar-refractivity contribution in [3.05, 3.63) is 0 Å². The van der Waals surface area contributed by atoms with E-state index in [-0.39, 0.29) is 0 Å². The van der Waals surface area contributed by atoms with E-state index in [1.54, 1.807) is 6.16 Å². The van der Waals surface area contributed by atoms with Crippen molar-refractivity contribution < 1.29 is 0 Å². The van der Waals surface area contributed by atoms with Crippen molar-refractivity contribution in [3.8, 4) is 0 Å². The van der Waals surface area contributed by atoms with E-state index in [0.29, 0.717) is 15.8 Å². The zero-order valence-corrected chi connectivity index (χ0v) is 13.9. The topological polar surface area (TPSA) is 0 Å². The van der Waals surface area contributed by atoms with Crippen LogP contribution in [0, 0.1) is 0 Å². The highest BCUT2D eigenvalue weighted by atomic mass is 31.1. The molecule has 16 heavy (non-hydrogen) atoms. The molecule has 98 valence electrons. The molecule has 0 aliphatic rings. The Balaban J connectivity index is 4.27. The van der Waals surface area contributed by atoms with Crippen LogP contribution in [-0.4, -0.2) is 36.5 Å². The first-order chi connectivity index (χ1) is 7.73. The average molecular weight is 262 g/mol. The van der Waals surface area contributed by atoms with Gasteiger partial charge in [-0.2, -0.15) is 0 Å². The smallest absolute Gasteiger partial charge is 0.0170 e. The van der Waals surface area contributed by atoms with Crippen LogP contribution >= 0.6 is 15.8 Å². The highest BCUT2D eigenvalue weighted by molar-refractivity contribution is 7.62. The van der Waals surface area contributed by atoms with Crippen molar-refractivity contribution in [1.82, 2.24) is 0 Å². The van der Waals surface area contributed by atoms with Gasteiger partial charge in [-0.05, 0) is 42.9 Å². The summed E-state index contributed by atoms with van der Waals surface area (Å²) in [5.41, 5.74) is 1.09. The van der Waals surface area contributed by atoms with Crippen LogP contribution in [0.4, 0.5) is 0 Å². The SMILES string of the molecule is CCCCC(CP(CC)CC)P(CC)CC. The van der Waals surface area contributed by atoms with Crippen LogP contribution in [0.1, 0.15) is 53.9 Å². The van der Waals surface area contributed by atoms with Gasteiger partial charge in [-0.1, -0.05) is 47.5 Å². The zero-order valence-electron chi connectivity index (χ0n) is 12.1. The lowest BCUT2D eigenvalue weighted by Crippen LogP contribution is -2.14. The van der Waals surface area contributed by atoms with Crippen LogP contribution in [0.15, 0.2) is 0 Å². The molecule has 0 N–H and O–H groups in total. The number of rotatable bonds is 10. The van der Waals surface area contributed by atoms with Gasteiger partial charge in [0.15, 0.2) is 0 Å². The summed E-state index contributed by atoms with van der Waals surface area (Å²) < 4.78 is 0. The quantitative estimate of drug-likeness (QED) is 0.450. The van der Waals surface area contributed by atoms with E-state index >= 15 is 0 Å². The highest BCUT2D eigenvalue weighted by Gasteiger charge is 2.20. The fourth-order valence-corrected chi connectivity index (χ4v) is 7.74. The predicted molar refractivity (Wildman–Crippen MR) is 84.2 cm³/mol. The third-order valence-electron chi connectivity index (χ3n) is 3.58. The van der Waals surface area contributed by atoms with Crippen LogP contribution in [0.5, 0.6) is 0 Å². The summed E-state index contributed by atoms with van der Waals surface area (Å²) in [5, 5.41) is 0. The molecule has 1 atom stereocenters. The molecule has 0 radical (unpaired) electrons. The third-order valence-corrected chi connectivity index (χ3v) is 9.72. The van der Waals surface area contributed by atoms with E-state index in [1.165, 1.54) is 43.9 Å². The van der Waals surface area contributed by atoms with Crippen LogP contribution in [0.2, 0.25) is 0 Å². The summed E-state index contributed by atoms with van der Waals surface area (Å²) in [7, 11) is 0.701. The standard InChI is InChI=1S/C14H32P2/c1-6-11-12-14(16(9-4)10-5)13-15(7-2)8-3/h14H,6-13H2,1-5H3. The Morgan fingerprint density at radius 1 is 0.812 bits per heavy atom. The molecule has 0 rings (SSSR count). The fraction of sp³-hybridized carbons (Fsp3) is 1.00. The van der Waals surface area contributed by atoms with Gasteiger partial charge in [0.2, 0.25) is 0 Å². The van der Waals surface area contributed by atoms with Gasteiger partial charge >= 0.3 is 0 Å². The molecule has 0 aliphatic heterocycles. The van der Waals surface area contributed by atoms with Gasteiger partial charge in [0.05, 0.1) is 0 Å². The second-order valence-corrected chi connectivity index (χ2v) is 10.6. The monoisotopic (exact) mass is 262 g/mol. The maximum atomic E-state index is 2.41. The molecule has 0 saturated heterocycles. The lowest BCUT2D eigenvalue weighted by molar-refractivity contribution is 0.708. The highest BCUT2D eigenvalue weighted by Crippen LogP contribution is 2.49. The van der Waals surface area contributed by atoms with Crippen LogP contribution in [-0.2, 0) is 0 Å². The first-order valence-corrected chi connectivity index (χ1v) is 10.9. The molecule has 0 saturated carbocycles. The summed E-state index contributed by atoms with van der Waals surface area (Å²) in [6, 6.07) is 0. The minimum atomic E-state index is 0.341. The van der Waals surface area contributed by atoms with Crippen molar-refractivity contribution in [2.45, 2.75) is 59.5 Å². The molecule has 0 bridgehead atoms. The molecule has 0 fully saturated rings. The third kappa shape index (κ3) is 6.56. The van der Waals surface area contributed by atoms with Gasteiger partial charge in [0.25, 0.3) is 0 Å². The Hall–Kier alpha value is 0.860. The molecule has 1 unspecified atom stereocenters.